The van der Waals surface area contributed by atoms with Crippen molar-refractivity contribution in [3.05, 3.63) is 143 Å². The van der Waals surface area contributed by atoms with Gasteiger partial charge < -0.3 is 14.2 Å². The van der Waals surface area contributed by atoms with Gasteiger partial charge in [-0.2, -0.15) is 0 Å². The third-order valence-corrected chi connectivity index (χ3v) is 8.68. The number of rotatable bonds is 6. The summed E-state index contributed by atoms with van der Waals surface area (Å²) in [4.78, 5) is 12.7. The highest BCUT2D eigenvalue weighted by atomic mass is 16.5. The number of methoxy groups -OCH3 is 3. The minimum atomic E-state index is 0.752. The van der Waals surface area contributed by atoms with Crippen molar-refractivity contribution in [2.75, 3.05) is 21.3 Å². The van der Waals surface area contributed by atoms with E-state index in [0.717, 1.165) is 69.9 Å². The van der Waals surface area contributed by atoms with Gasteiger partial charge in [-0.05, 0) is 142 Å². The van der Waals surface area contributed by atoms with E-state index in [1.807, 2.05) is 73.6 Å². The molecule has 6 aromatic rings. The van der Waals surface area contributed by atoms with Crippen LogP contribution in [0.3, 0.4) is 0 Å². The van der Waals surface area contributed by atoms with E-state index >= 15 is 0 Å². The van der Waals surface area contributed by atoms with Gasteiger partial charge >= 0.3 is 0 Å². The SMILES string of the molecule is COc1cc2c(cc1-c1ccncc1)Cc1cc(OC)c(-c3ccncc3)cc1Cc1cc(OC)c(-c3ccncc3)cc1C2. The quantitative estimate of drug-likeness (QED) is 0.195. The van der Waals surface area contributed by atoms with Gasteiger partial charge in [0.15, 0.2) is 0 Å². The average Bonchev–Trinajstić information content (AvgIpc) is 3.16. The number of hydrogen-bond acceptors (Lipinski definition) is 6. The Morgan fingerprint density at radius 1 is 0.378 bits per heavy atom. The molecule has 3 heterocycles. The van der Waals surface area contributed by atoms with Crippen LogP contribution in [0.15, 0.2) is 110 Å². The maximum atomic E-state index is 5.98. The smallest absolute Gasteiger partial charge is 0.126 e. The second-order valence-electron chi connectivity index (χ2n) is 11.2. The molecule has 0 spiro atoms. The lowest BCUT2D eigenvalue weighted by Gasteiger charge is -2.18. The summed E-state index contributed by atoms with van der Waals surface area (Å²) in [5, 5.41) is 0. The van der Waals surface area contributed by atoms with Crippen LogP contribution in [-0.4, -0.2) is 36.3 Å². The first-order chi connectivity index (χ1) is 22.1. The van der Waals surface area contributed by atoms with Crippen LogP contribution in [0.1, 0.15) is 33.4 Å². The fraction of sp³-hybridized carbons (Fsp3) is 0.154. The second-order valence-corrected chi connectivity index (χ2v) is 11.2. The van der Waals surface area contributed by atoms with Crippen LogP contribution in [-0.2, 0) is 19.3 Å². The molecule has 0 N–H and O–H groups in total. The monoisotopic (exact) mass is 591 g/mol. The molecular formula is C39H33N3O3. The Balaban J connectivity index is 1.48. The number of pyridine rings is 3. The zero-order valence-electron chi connectivity index (χ0n) is 25.6. The first kappa shape index (κ1) is 28.3. The fourth-order valence-corrected chi connectivity index (χ4v) is 6.38. The predicted molar refractivity (Wildman–Crippen MR) is 177 cm³/mol. The third kappa shape index (κ3) is 5.51. The van der Waals surface area contributed by atoms with Crippen LogP contribution in [0.25, 0.3) is 33.4 Å². The summed E-state index contributed by atoms with van der Waals surface area (Å²) < 4.78 is 18.0. The van der Waals surface area contributed by atoms with Crippen molar-refractivity contribution in [3.8, 4) is 50.6 Å². The lowest BCUT2D eigenvalue weighted by Crippen LogP contribution is -2.02. The molecule has 1 aliphatic rings. The van der Waals surface area contributed by atoms with Gasteiger partial charge in [-0.25, -0.2) is 0 Å². The van der Waals surface area contributed by atoms with Crippen molar-refractivity contribution in [2.45, 2.75) is 19.3 Å². The van der Waals surface area contributed by atoms with Crippen LogP contribution < -0.4 is 14.2 Å². The van der Waals surface area contributed by atoms with Gasteiger partial charge in [0, 0.05) is 53.9 Å². The van der Waals surface area contributed by atoms with E-state index in [9.17, 15) is 0 Å². The molecule has 0 bridgehead atoms. The van der Waals surface area contributed by atoms with Crippen LogP contribution in [0.4, 0.5) is 0 Å². The van der Waals surface area contributed by atoms with Crippen LogP contribution >= 0.6 is 0 Å². The number of aromatic nitrogens is 3. The Morgan fingerprint density at radius 3 is 0.867 bits per heavy atom. The fourth-order valence-electron chi connectivity index (χ4n) is 6.38. The molecule has 3 aromatic heterocycles. The number of hydrogen-bond donors (Lipinski definition) is 0. The standard InChI is InChI=1S/C39H33N3O3/c1-43-37-22-31-16-29-20-35(26-6-12-41-13-7-26)39(45-3)24-33(29)18-30-21-36(27-8-14-42-15-9-27)38(44-2)23-32(30)17-28(31)19-34(37)25-4-10-40-11-5-25/h4-15,19-24H,16-18H2,1-3H3. The molecule has 1 aliphatic carbocycles. The molecule has 3 aromatic carbocycles. The Bertz CT molecular complexity index is 1750. The number of fused-ring (bicyclic) bond motifs is 3. The van der Waals surface area contributed by atoms with Crippen molar-refractivity contribution in [2.24, 2.45) is 0 Å². The Labute approximate surface area is 263 Å². The van der Waals surface area contributed by atoms with Gasteiger partial charge in [-0.3, -0.25) is 15.0 Å². The Morgan fingerprint density at radius 2 is 0.622 bits per heavy atom. The molecular weight excluding hydrogens is 558 g/mol. The maximum absolute atomic E-state index is 5.98. The van der Waals surface area contributed by atoms with E-state index in [1.165, 1.54) is 33.4 Å². The van der Waals surface area contributed by atoms with E-state index < -0.39 is 0 Å². The zero-order chi connectivity index (χ0) is 30.8. The van der Waals surface area contributed by atoms with Crippen LogP contribution in [0.2, 0.25) is 0 Å². The molecule has 0 saturated heterocycles. The highest BCUT2D eigenvalue weighted by molar-refractivity contribution is 5.76. The summed E-state index contributed by atoms with van der Waals surface area (Å²) in [6, 6.07) is 25.6. The minimum absolute atomic E-state index is 0.752. The molecule has 7 rings (SSSR count). The highest BCUT2D eigenvalue weighted by Gasteiger charge is 2.22. The van der Waals surface area contributed by atoms with E-state index in [0.29, 0.717) is 0 Å². The largest absolute Gasteiger partial charge is 0.496 e. The van der Waals surface area contributed by atoms with Gasteiger partial charge in [0.2, 0.25) is 0 Å². The van der Waals surface area contributed by atoms with E-state index in [2.05, 4.69) is 51.4 Å². The lowest BCUT2D eigenvalue weighted by atomic mass is 9.90. The average molecular weight is 592 g/mol. The number of benzene rings is 3. The Kier molecular flexibility index (Phi) is 7.70. The van der Waals surface area contributed by atoms with E-state index in [1.54, 1.807) is 21.3 Å². The second kappa shape index (κ2) is 12.2. The molecule has 0 atom stereocenters. The normalized spacial score (nSPS) is 12.1. The molecule has 6 heteroatoms. The number of nitrogens with zero attached hydrogens (tertiary/aromatic N) is 3. The molecule has 0 unspecified atom stereocenters. The van der Waals surface area contributed by atoms with Crippen molar-refractivity contribution in [1.29, 1.82) is 0 Å². The van der Waals surface area contributed by atoms with Gasteiger partial charge in [-0.15, -0.1) is 0 Å². The van der Waals surface area contributed by atoms with Gasteiger partial charge in [-0.1, -0.05) is 0 Å². The summed E-state index contributed by atoms with van der Waals surface area (Å²) in [6.07, 6.45) is 13.2. The third-order valence-electron chi connectivity index (χ3n) is 8.68. The molecule has 0 aliphatic heterocycles. The first-order valence-corrected chi connectivity index (χ1v) is 15.0. The first-order valence-electron chi connectivity index (χ1n) is 15.0. The topological polar surface area (TPSA) is 66.4 Å². The van der Waals surface area contributed by atoms with E-state index in [-0.39, 0.29) is 0 Å². The van der Waals surface area contributed by atoms with Gasteiger partial charge in [0.25, 0.3) is 0 Å². The summed E-state index contributed by atoms with van der Waals surface area (Å²) in [7, 11) is 5.22. The molecule has 45 heavy (non-hydrogen) atoms. The Hall–Kier alpha value is -5.49. The maximum Gasteiger partial charge on any atom is 0.126 e. The van der Waals surface area contributed by atoms with Crippen LogP contribution in [0, 0.1) is 0 Å². The van der Waals surface area contributed by atoms with Crippen molar-refractivity contribution >= 4 is 0 Å². The molecule has 222 valence electrons. The minimum Gasteiger partial charge on any atom is -0.496 e. The van der Waals surface area contributed by atoms with Crippen molar-refractivity contribution in [3.63, 3.8) is 0 Å². The zero-order valence-corrected chi connectivity index (χ0v) is 25.6. The summed E-state index contributed by atoms with van der Waals surface area (Å²) in [6.45, 7) is 0. The van der Waals surface area contributed by atoms with Gasteiger partial charge in [0.05, 0.1) is 21.3 Å². The summed E-state index contributed by atoms with van der Waals surface area (Å²) >= 11 is 0. The van der Waals surface area contributed by atoms with Crippen molar-refractivity contribution in [1.82, 2.24) is 15.0 Å². The molecule has 6 nitrogen and oxygen atoms in total. The highest BCUT2D eigenvalue weighted by Crippen LogP contribution is 2.41. The molecule has 0 saturated carbocycles. The predicted octanol–water partition coefficient (Wildman–Crippen LogP) is 7.98. The van der Waals surface area contributed by atoms with E-state index in [4.69, 9.17) is 14.2 Å². The van der Waals surface area contributed by atoms with Crippen molar-refractivity contribution < 1.29 is 14.2 Å². The van der Waals surface area contributed by atoms with Crippen LogP contribution in [0.5, 0.6) is 17.2 Å². The molecule has 0 radical (unpaired) electrons. The number of ether oxygens (including phenoxy) is 3. The summed E-state index contributed by atoms with van der Waals surface area (Å²) in [5.74, 6) is 2.53. The molecule has 0 amide bonds. The molecule has 0 fully saturated rings. The summed E-state index contributed by atoms with van der Waals surface area (Å²) in [5.41, 5.74) is 13.8. The lowest BCUT2D eigenvalue weighted by molar-refractivity contribution is 0.415. The van der Waals surface area contributed by atoms with Gasteiger partial charge in [0.1, 0.15) is 17.2 Å².